The topological polar surface area (TPSA) is 27.7 Å². The average molecular weight is 397 g/mol. The van der Waals surface area contributed by atoms with Crippen molar-refractivity contribution in [1.82, 2.24) is 0 Å². The highest BCUT2D eigenvalue weighted by Gasteiger charge is 2.40. The molecule has 3 nitrogen and oxygen atoms in total. The molecule has 0 amide bonds. The highest BCUT2D eigenvalue weighted by molar-refractivity contribution is 9.09. The lowest BCUT2D eigenvalue weighted by atomic mass is 10.1. The first-order valence-electron chi connectivity index (χ1n) is 9.22. The van der Waals surface area contributed by atoms with Crippen molar-refractivity contribution in [2.24, 2.45) is 0 Å². The van der Waals surface area contributed by atoms with Crippen LogP contribution in [0.5, 0.6) is 0 Å². The van der Waals surface area contributed by atoms with Crippen LogP contribution in [0.3, 0.4) is 0 Å². The predicted octanol–water partition coefficient (Wildman–Crippen LogP) is 5.94. The van der Waals surface area contributed by atoms with Gasteiger partial charge in [-0.3, -0.25) is 0 Å². The van der Waals surface area contributed by atoms with E-state index in [-0.39, 0.29) is 0 Å². The van der Waals surface area contributed by atoms with Gasteiger partial charge in [-0.2, -0.15) is 0 Å². The largest absolute Gasteiger partial charge is 0.500 e. The van der Waals surface area contributed by atoms with Gasteiger partial charge < -0.3 is 13.3 Å². The molecule has 0 aromatic heterocycles. The fourth-order valence-corrected chi connectivity index (χ4v) is 5.57. The van der Waals surface area contributed by atoms with Gasteiger partial charge in [0.2, 0.25) is 0 Å². The molecule has 0 saturated carbocycles. The summed E-state index contributed by atoms with van der Waals surface area (Å²) in [6, 6.07) is 0.978. The first-order valence-corrected chi connectivity index (χ1v) is 12.3. The smallest absolute Gasteiger partial charge is 0.373 e. The van der Waals surface area contributed by atoms with Gasteiger partial charge in [0.25, 0.3) is 0 Å². The maximum absolute atomic E-state index is 6.12. The lowest BCUT2D eigenvalue weighted by Crippen LogP contribution is -2.46. The summed E-state index contributed by atoms with van der Waals surface area (Å²) in [5, 5.41) is 1.13. The molecule has 134 valence electrons. The van der Waals surface area contributed by atoms with Crippen LogP contribution in [0.2, 0.25) is 6.04 Å². The van der Waals surface area contributed by atoms with Crippen LogP contribution in [-0.2, 0) is 13.3 Å². The molecule has 0 spiro atoms. The summed E-state index contributed by atoms with van der Waals surface area (Å²) >= 11 is 3.49. The molecule has 5 heteroatoms. The summed E-state index contributed by atoms with van der Waals surface area (Å²) in [5.74, 6) is 0. The Morgan fingerprint density at radius 1 is 0.636 bits per heavy atom. The Morgan fingerprint density at radius 2 is 1.05 bits per heavy atom. The van der Waals surface area contributed by atoms with E-state index in [1.54, 1.807) is 0 Å². The van der Waals surface area contributed by atoms with Crippen LogP contribution in [0, 0.1) is 0 Å². The van der Waals surface area contributed by atoms with Gasteiger partial charge in [-0.15, -0.1) is 0 Å². The van der Waals surface area contributed by atoms with E-state index in [2.05, 4.69) is 36.7 Å². The fraction of sp³-hybridized carbons (Fsp3) is 1.00. The van der Waals surface area contributed by atoms with Crippen molar-refractivity contribution in [1.29, 1.82) is 0 Å². The van der Waals surface area contributed by atoms with Crippen LogP contribution in [0.1, 0.15) is 78.6 Å². The molecule has 0 atom stereocenters. The zero-order valence-electron chi connectivity index (χ0n) is 15.0. The Bertz CT molecular complexity index is 208. The maximum atomic E-state index is 6.12. The zero-order valence-corrected chi connectivity index (χ0v) is 17.6. The van der Waals surface area contributed by atoms with Crippen LogP contribution >= 0.6 is 15.9 Å². The molecule has 0 unspecified atom stereocenters. The second-order valence-electron chi connectivity index (χ2n) is 5.79. The Labute approximate surface area is 148 Å². The highest BCUT2D eigenvalue weighted by atomic mass is 79.9. The van der Waals surface area contributed by atoms with Gasteiger partial charge in [0.1, 0.15) is 0 Å². The minimum Gasteiger partial charge on any atom is -0.373 e. The third kappa shape index (κ3) is 12.1. The minimum atomic E-state index is -2.44. The number of hydrogen-bond acceptors (Lipinski definition) is 3. The molecular weight excluding hydrogens is 360 g/mol. The molecule has 0 aliphatic carbocycles. The van der Waals surface area contributed by atoms with Crippen LogP contribution in [0.4, 0.5) is 0 Å². The molecule has 0 rings (SSSR count). The van der Waals surface area contributed by atoms with Gasteiger partial charge in [-0.25, -0.2) is 0 Å². The summed E-state index contributed by atoms with van der Waals surface area (Å²) < 4.78 is 18.3. The Morgan fingerprint density at radius 3 is 1.45 bits per heavy atom. The van der Waals surface area contributed by atoms with E-state index in [9.17, 15) is 0 Å². The summed E-state index contributed by atoms with van der Waals surface area (Å²) in [5.41, 5.74) is 0. The molecule has 0 bridgehead atoms. The molecule has 0 saturated heterocycles. The van der Waals surface area contributed by atoms with Crippen molar-refractivity contribution < 1.29 is 13.3 Å². The maximum Gasteiger partial charge on any atom is 0.500 e. The molecule has 0 radical (unpaired) electrons. The van der Waals surface area contributed by atoms with Crippen molar-refractivity contribution in [2.45, 2.75) is 84.6 Å². The van der Waals surface area contributed by atoms with E-state index in [1.165, 1.54) is 32.1 Å². The SMILES string of the molecule is CCCO[Si](CCCCCCCCBr)(OCCC)OCCC. The normalized spacial score (nSPS) is 12.0. The molecule has 0 heterocycles. The van der Waals surface area contributed by atoms with Gasteiger partial charge in [-0.05, 0) is 32.1 Å². The Balaban J connectivity index is 4.21. The van der Waals surface area contributed by atoms with E-state index in [4.69, 9.17) is 13.3 Å². The van der Waals surface area contributed by atoms with Crippen molar-refractivity contribution in [3.05, 3.63) is 0 Å². The Kier molecular flexibility index (Phi) is 16.9. The number of rotatable bonds is 17. The van der Waals surface area contributed by atoms with E-state index >= 15 is 0 Å². The van der Waals surface area contributed by atoms with E-state index < -0.39 is 8.80 Å². The van der Waals surface area contributed by atoms with E-state index in [0.29, 0.717) is 0 Å². The molecule has 0 aliphatic rings. The van der Waals surface area contributed by atoms with Crippen LogP contribution < -0.4 is 0 Å². The summed E-state index contributed by atoms with van der Waals surface area (Å²) in [7, 11) is -2.44. The van der Waals surface area contributed by atoms with Crippen molar-refractivity contribution in [3.63, 3.8) is 0 Å². The van der Waals surface area contributed by atoms with Gasteiger partial charge in [-0.1, -0.05) is 62.4 Å². The monoisotopic (exact) mass is 396 g/mol. The first kappa shape index (κ1) is 22.6. The molecule has 0 aliphatic heterocycles. The summed E-state index contributed by atoms with van der Waals surface area (Å²) in [4.78, 5) is 0. The van der Waals surface area contributed by atoms with Crippen molar-refractivity contribution in [2.75, 3.05) is 25.2 Å². The van der Waals surface area contributed by atoms with Gasteiger partial charge >= 0.3 is 8.80 Å². The number of halogens is 1. The second-order valence-corrected chi connectivity index (χ2v) is 9.31. The molecule has 0 fully saturated rings. The third-order valence-electron chi connectivity index (χ3n) is 3.44. The van der Waals surface area contributed by atoms with Gasteiger partial charge in [0.05, 0.1) is 0 Å². The molecule has 22 heavy (non-hydrogen) atoms. The second kappa shape index (κ2) is 16.4. The van der Waals surface area contributed by atoms with Crippen LogP contribution in [-0.4, -0.2) is 34.0 Å². The highest BCUT2D eigenvalue weighted by Crippen LogP contribution is 2.21. The standard InChI is InChI=1S/C17H37BrO3Si/c1-4-14-19-22(20-15-5-2,21-16-6-3)17-12-10-8-7-9-11-13-18/h4-17H2,1-3H3. The van der Waals surface area contributed by atoms with Gasteiger partial charge in [0, 0.05) is 31.2 Å². The number of hydrogen-bond donors (Lipinski definition) is 0. The minimum absolute atomic E-state index is 0.755. The van der Waals surface area contributed by atoms with Crippen LogP contribution in [0.25, 0.3) is 0 Å². The quantitative estimate of drug-likeness (QED) is 0.173. The molecular formula is C17H37BrO3Si. The third-order valence-corrected chi connectivity index (χ3v) is 6.90. The number of unbranched alkanes of at least 4 members (excludes halogenated alkanes) is 5. The van der Waals surface area contributed by atoms with E-state index in [0.717, 1.165) is 56.9 Å². The summed E-state index contributed by atoms with van der Waals surface area (Å²) in [6.07, 6.45) is 10.8. The molecule has 0 aromatic rings. The Hall–Kier alpha value is 0.577. The molecule has 0 N–H and O–H groups in total. The lowest BCUT2D eigenvalue weighted by molar-refractivity contribution is 0.0586. The average Bonchev–Trinajstić information content (AvgIpc) is 2.55. The van der Waals surface area contributed by atoms with E-state index in [1.807, 2.05) is 0 Å². The molecule has 0 aromatic carbocycles. The van der Waals surface area contributed by atoms with Gasteiger partial charge in [0.15, 0.2) is 0 Å². The lowest BCUT2D eigenvalue weighted by Gasteiger charge is -2.29. The van der Waals surface area contributed by atoms with Crippen molar-refractivity contribution >= 4 is 24.7 Å². The predicted molar refractivity (Wildman–Crippen MR) is 101 cm³/mol. The number of alkyl halides is 1. The van der Waals surface area contributed by atoms with Crippen molar-refractivity contribution in [3.8, 4) is 0 Å². The van der Waals surface area contributed by atoms with Crippen LogP contribution in [0.15, 0.2) is 0 Å². The first-order chi connectivity index (χ1) is 10.7. The fourth-order valence-electron chi connectivity index (χ4n) is 2.26. The zero-order chi connectivity index (χ0) is 16.5. The summed E-state index contributed by atoms with van der Waals surface area (Å²) in [6.45, 7) is 8.69.